The zero-order chi connectivity index (χ0) is 32.8. The van der Waals surface area contributed by atoms with Crippen molar-refractivity contribution in [1.82, 2.24) is 0 Å². The van der Waals surface area contributed by atoms with Gasteiger partial charge in [-0.15, -0.1) is 0 Å². The van der Waals surface area contributed by atoms with Gasteiger partial charge in [0, 0.05) is 17.5 Å². The van der Waals surface area contributed by atoms with Gasteiger partial charge in [-0.1, -0.05) is 95.4 Å². The van der Waals surface area contributed by atoms with E-state index in [0.29, 0.717) is 35.9 Å². The topological polar surface area (TPSA) is 114 Å². The molecule has 46 heavy (non-hydrogen) atoms. The molecule has 4 N–H and O–H groups in total. The summed E-state index contributed by atoms with van der Waals surface area (Å²) in [7, 11) is 0. The number of unbranched alkanes of at least 4 members (excludes halogenated alkanes) is 11. The van der Waals surface area contributed by atoms with E-state index in [2.05, 4.69) is 6.92 Å². The number of aryl methyl sites for hydroxylation is 1. The Morgan fingerprint density at radius 2 is 1.22 bits per heavy atom. The highest BCUT2D eigenvalue weighted by molar-refractivity contribution is 5.91. The minimum atomic E-state index is -0.393. The molecule has 248 valence electrons. The maximum atomic E-state index is 12.2. The highest BCUT2D eigenvalue weighted by Gasteiger charge is 2.08. The fraction of sp³-hybridized carbons (Fsp3) is 0.436. The van der Waals surface area contributed by atoms with E-state index in [0.717, 1.165) is 49.8 Å². The lowest BCUT2D eigenvalue weighted by Gasteiger charge is -2.07. The average molecular weight is 629 g/mol. The van der Waals surface area contributed by atoms with Gasteiger partial charge in [0.15, 0.2) is 0 Å². The van der Waals surface area contributed by atoms with Crippen molar-refractivity contribution in [2.24, 2.45) is 0 Å². The van der Waals surface area contributed by atoms with Gasteiger partial charge in [0.1, 0.15) is 11.5 Å². The van der Waals surface area contributed by atoms with Crippen molar-refractivity contribution < 1.29 is 23.8 Å². The molecule has 0 fully saturated rings. The summed E-state index contributed by atoms with van der Waals surface area (Å²) in [6, 6.07) is 20.3. The van der Waals surface area contributed by atoms with Crippen LogP contribution in [0.25, 0.3) is 6.08 Å². The Kier molecular flexibility index (Phi) is 16.9. The van der Waals surface area contributed by atoms with E-state index >= 15 is 0 Å². The molecule has 7 heteroatoms. The molecule has 7 nitrogen and oxygen atoms in total. The van der Waals surface area contributed by atoms with Crippen LogP contribution in [0.3, 0.4) is 0 Å². The number of hydrogen-bond acceptors (Lipinski definition) is 7. The van der Waals surface area contributed by atoms with Crippen LogP contribution < -0.4 is 20.9 Å². The number of carbonyl (C=O) groups is 2. The molecule has 0 spiro atoms. The SMILES string of the molecule is CCCCCCc1ccc(OC(=O)/C=C/c2ccc(OCCCCCCCCCCCOC(=O)c3cc(N)cc(N)c3)cc2)cc1. The molecule has 0 unspecified atom stereocenters. The molecule has 0 amide bonds. The van der Waals surface area contributed by atoms with Crippen LogP contribution in [0, 0.1) is 0 Å². The molecule has 0 aliphatic rings. The van der Waals surface area contributed by atoms with Crippen molar-refractivity contribution in [3.63, 3.8) is 0 Å². The molecular weight excluding hydrogens is 576 g/mol. The third kappa shape index (κ3) is 15.2. The van der Waals surface area contributed by atoms with E-state index in [1.165, 1.54) is 63.0 Å². The molecule has 0 bridgehead atoms. The second kappa shape index (κ2) is 21.5. The predicted molar refractivity (Wildman–Crippen MR) is 188 cm³/mol. The second-order valence-electron chi connectivity index (χ2n) is 11.8. The highest BCUT2D eigenvalue weighted by atomic mass is 16.5. The number of nitrogen functional groups attached to an aromatic ring is 2. The summed E-state index contributed by atoms with van der Waals surface area (Å²) in [5.74, 6) is 0.621. The minimum absolute atomic E-state index is 0.378. The molecule has 0 aliphatic heterocycles. The van der Waals surface area contributed by atoms with Gasteiger partial charge >= 0.3 is 11.9 Å². The largest absolute Gasteiger partial charge is 0.494 e. The first-order valence-corrected chi connectivity index (χ1v) is 17.0. The fourth-order valence-electron chi connectivity index (χ4n) is 5.14. The van der Waals surface area contributed by atoms with Crippen LogP contribution in [0.5, 0.6) is 11.5 Å². The first-order chi connectivity index (χ1) is 22.4. The van der Waals surface area contributed by atoms with Gasteiger partial charge in [-0.3, -0.25) is 0 Å². The van der Waals surface area contributed by atoms with Crippen LogP contribution >= 0.6 is 0 Å². The third-order valence-electron chi connectivity index (χ3n) is 7.76. The van der Waals surface area contributed by atoms with E-state index in [4.69, 9.17) is 25.7 Å². The fourth-order valence-corrected chi connectivity index (χ4v) is 5.14. The first-order valence-electron chi connectivity index (χ1n) is 17.0. The van der Waals surface area contributed by atoms with Crippen molar-refractivity contribution in [2.45, 2.75) is 96.8 Å². The first kappa shape index (κ1) is 36.2. The van der Waals surface area contributed by atoms with Gasteiger partial charge in [0.05, 0.1) is 18.8 Å². The maximum Gasteiger partial charge on any atom is 0.338 e. The lowest BCUT2D eigenvalue weighted by atomic mass is 10.1. The zero-order valence-corrected chi connectivity index (χ0v) is 27.5. The Bertz CT molecular complexity index is 1320. The number of hydrogen-bond donors (Lipinski definition) is 2. The highest BCUT2D eigenvalue weighted by Crippen LogP contribution is 2.18. The monoisotopic (exact) mass is 628 g/mol. The van der Waals surface area contributed by atoms with Crippen molar-refractivity contribution in [3.05, 3.63) is 89.5 Å². The average Bonchev–Trinajstić information content (AvgIpc) is 3.05. The molecule has 0 atom stereocenters. The van der Waals surface area contributed by atoms with Crippen LogP contribution in [0.1, 0.15) is 112 Å². The number of anilines is 2. The number of esters is 2. The molecule has 3 aromatic carbocycles. The number of rotatable bonds is 22. The lowest BCUT2D eigenvalue weighted by molar-refractivity contribution is -0.128. The van der Waals surface area contributed by atoms with Crippen molar-refractivity contribution in [2.75, 3.05) is 24.7 Å². The van der Waals surface area contributed by atoms with E-state index < -0.39 is 5.97 Å². The number of carbonyl (C=O) groups excluding carboxylic acids is 2. The predicted octanol–water partition coefficient (Wildman–Crippen LogP) is 9.34. The molecule has 3 aromatic rings. The number of nitrogens with two attached hydrogens (primary N) is 2. The zero-order valence-electron chi connectivity index (χ0n) is 27.5. The third-order valence-corrected chi connectivity index (χ3v) is 7.76. The summed E-state index contributed by atoms with van der Waals surface area (Å²) in [6.07, 6.45) is 19.3. The Morgan fingerprint density at radius 3 is 1.85 bits per heavy atom. The van der Waals surface area contributed by atoms with E-state index in [1.807, 2.05) is 48.5 Å². The van der Waals surface area contributed by atoms with Crippen LogP contribution in [0.15, 0.2) is 72.8 Å². The van der Waals surface area contributed by atoms with E-state index in [-0.39, 0.29) is 5.97 Å². The second-order valence-corrected chi connectivity index (χ2v) is 11.8. The van der Waals surface area contributed by atoms with Gasteiger partial charge < -0.3 is 25.7 Å². The summed E-state index contributed by atoms with van der Waals surface area (Å²) >= 11 is 0. The molecule has 0 aliphatic carbocycles. The Hall–Kier alpha value is -4.26. The molecular formula is C39H52N2O5. The summed E-state index contributed by atoms with van der Waals surface area (Å²) in [5, 5.41) is 0. The molecule has 0 heterocycles. The Labute approximate surface area is 275 Å². The Morgan fingerprint density at radius 1 is 0.652 bits per heavy atom. The summed E-state index contributed by atoms with van der Waals surface area (Å²) in [4.78, 5) is 24.3. The number of benzene rings is 3. The quantitative estimate of drug-likeness (QED) is 0.0375. The molecule has 3 rings (SSSR count). The van der Waals surface area contributed by atoms with Crippen molar-refractivity contribution in [3.8, 4) is 11.5 Å². The standard InChI is InChI=1S/C39H52N2O5/c1-2-3-4-12-15-31-18-23-37(24-19-31)46-38(42)25-20-32-16-21-36(22-17-32)44-26-13-10-8-6-5-7-9-11-14-27-45-39(43)33-28-34(40)30-35(41)29-33/h16-25,28-30H,2-15,26-27,40-41H2,1H3/b25-20+. The normalized spacial score (nSPS) is 11.1. The van der Waals surface area contributed by atoms with Gasteiger partial charge in [-0.25, -0.2) is 9.59 Å². The maximum absolute atomic E-state index is 12.2. The molecule has 0 aromatic heterocycles. The van der Waals surface area contributed by atoms with Crippen LogP contribution in [-0.4, -0.2) is 25.2 Å². The molecule has 0 saturated carbocycles. The minimum Gasteiger partial charge on any atom is -0.494 e. The summed E-state index contributed by atoms with van der Waals surface area (Å²) < 4.78 is 16.7. The van der Waals surface area contributed by atoms with E-state index in [1.54, 1.807) is 24.3 Å². The Balaban J connectivity index is 1.16. The van der Waals surface area contributed by atoms with Gasteiger partial charge in [-0.05, 0) is 85.4 Å². The summed E-state index contributed by atoms with van der Waals surface area (Å²) in [5.41, 5.74) is 15.0. The van der Waals surface area contributed by atoms with E-state index in [9.17, 15) is 9.59 Å². The lowest BCUT2D eigenvalue weighted by Crippen LogP contribution is -2.07. The van der Waals surface area contributed by atoms with Crippen molar-refractivity contribution >= 4 is 29.4 Å². The van der Waals surface area contributed by atoms with Gasteiger partial charge in [-0.2, -0.15) is 0 Å². The molecule has 0 saturated heterocycles. The number of ether oxygens (including phenoxy) is 3. The van der Waals surface area contributed by atoms with Crippen LogP contribution in [0.2, 0.25) is 0 Å². The van der Waals surface area contributed by atoms with Crippen LogP contribution in [0.4, 0.5) is 11.4 Å². The van der Waals surface area contributed by atoms with Gasteiger partial charge in [0.25, 0.3) is 0 Å². The smallest absolute Gasteiger partial charge is 0.338 e. The van der Waals surface area contributed by atoms with Crippen molar-refractivity contribution in [1.29, 1.82) is 0 Å². The van der Waals surface area contributed by atoms with Gasteiger partial charge in [0.2, 0.25) is 0 Å². The molecule has 0 radical (unpaired) electrons. The summed E-state index contributed by atoms with van der Waals surface area (Å²) in [6.45, 7) is 3.32. The van der Waals surface area contributed by atoms with Crippen LogP contribution in [-0.2, 0) is 16.0 Å².